The molecule has 1 amide bonds. The summed E-state index contributed by atoms with van der Waals surface area (Å²) in [5, 5.41) is 2.90. The third-order valence-corrected chi connectivity index (χ3v) is 4.02. The number of hydrogen-bond acceptors (Lipinski definition) is 3. The summed E-state index contributed by atoms with van der Waals surface area (Å²) < 4.78 is 0. The summed E-state index contributed by atoms with van der Waals surface area (Å²) in [5.41, 5.74) is 10.6. The van der Waals surface area contributed by atoms with Gasteiger partial charge in [-0.2, -0.15) is 0 Å². The van der Waals surface area contributed by atoms with E-state index in [0.717, 1.165) is 16.7 Å². The van der Waals surface area contributed by atoms with Crippen molar-refractivity contribution < 1.29 is 4.79 Å². The molecule has 3 rings (SSSR count). The summed E-state index contributed by atoms with van der Waals surface area (Å²) in [5.74, 6) is -0.231. The number of fused-ring (bicyclic) bond motifs is 1. The molecule has 3 aromatic rings. The van der Waals surface area contributed by atoms with Gasteiger partial charge in [0.1, 0.15) is 0 Å². The molecule has 0 radical (unpaired) electrons. The number of H-pyrrole nitrogens is 2. The van der Waals surface area contributed by atoms with Crippen LogP contribution in [0.25, 0.3) is 11.0 Å². The van der Waals surface area contributed by atoms with E-state index in [4.69, 9.17) is 5.73 Å². The average Bonchev–Trinajstić information content (AvgIpc) is 2.91. The number of rotatable bonds is 3. The quantitative estimate of drug-likeness (QED) is 0.586. The molecule has 0 saturated heterocycles. The van der Waals surface area contributed by atoms with Crippen molar-refractivity contribution in [3.8, 4) is 0 Å². The molecule has 2 aromatic carbocycles. The number of carbonyl (C=O) groups excluding carboxylic acids is 1. The molecule has 0 fully saturated rings. The number of halogens is 1. The van der Waals surface area contributed by atoms with Gasteiger partial charge in [0.05, 0.1) is 16.7 Å². The number of benzene rings is 2. The number of imidazole rings is 1. The largest absolute Gasteiger partial charge is 0.326 e. The number of aromatic amines is 2. The summed E-state index contributed by atoms with van der Waals surface area (Å²) in [6.07, 6.45) is 0. The van der Waals surface area contributed by atoms with Gasteiger partial charge >= 0.3 is 5.69 Å². The van der Waals surface area contributed by atoms with Crippen molar-refractivity contribution in [1.29, 1.82) is 0 Å². The average molecular weight is 347 g/mol. The van der Waals surface area contributed by atoms with Gasteiger partial charge in [0, 0.05) is 12.1 Å². The lowest BCUT2D eigenvalue weighted by atomic mass is 10.1. The molecule has 0 aliphatic rings. The lowest BCUT2D eigenvalue weighted by Gasteiger charge is -2.12. The molecule has 0 aliphatic carbocycles. The minimum atomic E-state index is -0.298. The van der Waals surface area contributed by atoms with Crippen LogP contribution in [-0.4, -0.2) is 15.9 Å². The van der Waals surface area contributed by atoms with Gasteiger partial charge in [-0.3, -0.25) is 4.79 Å². The Labute approximate surface area is 144 Å². The maximum Gasteiger partial charge on any atom is 0.323 e. The van der Waals surface area contributed by atoms with Gasteiger partial charge in [0.25, 0.3) is 5.91 Å². The summed E-state index contributed by atoms with van der Waals surface area (Å²) in [7, 11) is 0. The monoisotopic (exact) mass is 346 g/mol. The fourth-order valence-corrected chi connectivity index (χ4v) is 2.55. The van der Waals surface area contributed by atoms with E-state index >= 15 is 0 Å². The molecule has 5 N–H and O–H groups in total. The summed E-state index contributed by atoms with van der Waals surface area (Å²) in [6.45, 7) is 4.28. The maximum atomic E-state index is 12.5. The lowest BCUT2D eigenvalue weighted by Crippen LogP contribution is -2.14. The van der Waals surface area contributed by atoms with Crippen molar-refractivity contribution in [3.63, 3.8) is 0 Å². The minimum Gasteiger partial charge on any atom is -0.326 e. The zero-order valence-electron chi connectivity index (χ0n) is 13.4. The van der Waals surface area contributed by atoms with Crippen LogP contribution in [0.5, 0.6) is 0 Å². The van der Waals surface area contributed by atoms with Gasteiger partial charge in [-0.05, 0) is 48.7 Å². The van der Waals surface area contributed by atoms with Crippen molar-refractivity contribution in [2.45, 2.75) is 20.4 Å². The predicted molar refractivity (Wildman–Crippen MR) is 97.9 cm³/mol. The van der Waals surface area contributed by atoms with Gasteiger partial charge in [-0.15, -0.1) is 12.4 Å². The third kappa shape index (κ3) is 3.20. The van der Waals surface area contributed by atoms with E-state index in [2.05, 4.69) is 15.3 Å². The second kappa shape index (κ2) is 6.90. The first-order valence-corrected chi connectivity index (χ1v) is 7.32. The molecule has 0 unspecified atom stereocenters. The molecule has 1 heterocycles. The lowest BCUT2D eigenvalue weighted by molar-refractivity contribution is 0.102. The summed E-state index contributed by atoms with van der Waals surface area (Å²) >= 11 is 0. The van der Waals surface area contributed by atoms with Gasteiger partial charge in [0.15, 0.2) is 0 Å². The maximum absolute atomic E-state index is 12.5. The van der Waals surface area contributed by atoms with E-state index in [0.29, 0.717) is 28.8 Å². The topological polar surface area (TPSA) is 104 Å². The molecular weight excluding hydrogens is 328 g/mol. The highest BCUT2D eigenvalue weighted by Crippen LogP contribution is 2.27. The van der Waals surface area contributed by atoms with Crippen LogP contribution in [0, 0.1) is 13.8 Å². The molecule has 0 atom stereocenters. The van der Waals surface area contributed by atoms with E-state index in [-0.39, 0.29) is 24.0 Å². The SMILES string of the molecule is Cc1cc2[nH]c(=O)[nH]c2c(NC(=O)c2ccc(CN)cc2)c1C.Cl. The normalized spacial score (nSPS) is 10.5. The van der Waals surface area contributed by atoms with Crippen LogP contribution in [0.4, 0.5) is 5.69 Å². The van der Waals surface area contributed by atoms with Crippen LogP contribution in [-0.2, 0) is 6.54 Å². The van der Waals surface area contributed by atoms with Gasteiger partial charge in [-0.1, -0.05) is 12.1 Å². The first-order chi connectivity index (χ1) is 11.0. The second-order valence-corrected chi connectivity index (χ2v) is 5.55. The number of hydrogen-bond donors (Lipinski definition) is 4. The molecule has 126 valence electrons. The zero-order valence-corrected chi connectivity index (χ0v) is 14.2. The number of amides is 1. The number of anilines is 1. The van der Waals surface area contributed by atoms with Crippen LogP contribution in [0.2, 0.25) is 0 Å². The molecule has 0 spiro atoms. The van der Waals surface area contributed by atoms with Gasteiger partial charge < -0.3 is 21.0 Å². The predicted octanol–water partition coefficient (Wildman–Crippen LogP) is 2.61. The molecule has 0 aliphatic heterocycles. The smallest absolute Gasteiger partial charge is 0.323 e. The summed E-state index contributed by atoms with van der Waals surface area (Å²) in [6, 6.07) is 9.01. The van der Waals surface area contributed by atoms with Crippen molar-refractivity contribution in [2.75, 3.05) is 5.32 Å². The highest BCUT2D eigenvalue weighted by molar-refractivity contribution is 6.09. The molecule has 7 heteroatoms. The molecular formula is C17H19ClN4O2. The highest BCUT2D eigenvalue weighted by atomic mass is 35.5. The standard InChI is InChI=1S/C17H18N4O2.ClH/c1-9-7-13-15(21-17(23)19-13)14(10(9)2)20-16(22)12-5-3-11(8-18)4-6-12;/h3-7H,8,18H2,1-2H3,(H,20,22)(H2,19,21,23);1H. The Bertz CT molecular complexity index is 942. The molecule has 0 bridgehead atoms. The van der Waals surface area contributed by atoms with Crippen LogP contribution < -0.4 is 16.7 Å². The van der Waals surface area contributed by atoms with E-state index in [1.54, 1.807) is 12.1 Å². The van der Waals surface area contributed by atoms with Crippen molar-refractivity contribution in [2.24, 2.45) is 5.73 Å². The second-order valence-electron chi connectivity index (χ2n) is 5.55. The van der Waals surface area contributed by atoms with Gasteiger partial charge in [-0.25, -0.2) is 4.79 Å². The van der Waals surface area contributed by atoms with Crippen LogP contribution in [0.1, 0.15) is 27.0 Å². The number of nitrogens with one attached hydrogen (secondary N) is 3. The van der Waals surface area contributed by atoms with Crippen molar-refractivity contribution in [3.05, 3.63) is 63.1 Å². The molecule has 1 aromatic heterocycles. The molecule has 24 heavy (non-hydrogen) atoms. The van der Waals surface area contributed by atoms with Crippen LogP contribution in [0.3, 0.4) is 0 Å². The van der Waals surface area contributed by atoms with Gasteiger partial charge in [0.2, 0.25) is 0 Å². The molecule has 0 saturated carbocycles. The Morgan fingerprint density at radius 2 is 1.83 bits per heavy atom. The number of aromatic nitrogens is 2. The Morgan fingerprint density at radius 1 is 1.17 bits per heavy atom. The number of carbonyl (C=O) groups is 1. The van der Waals surface area contributed by atoms with Crippen LogP contribution in [0.15, 0.2) is 35.1 Å². The Morgan fingerprint density at radius 3 is 2.46 bits per heavy atom. The zero-order chi connectivity index (χ0) is 16.6. The number of aryl methyl sites for hydroxylation is 1. The number of nitrogens with two attached hydrogens (primary N) is 1. The van der Waals surface area contributed by atoms with E-state index in [1.165, 1.54) is 0 Å². The summed E-state index contributed by atoms with van der Waals surface area (Å²) in [4.78, 5) is 29.5. The fourth-order valence-electron chi connectivity index (χ4n) is 2.55. The first-order valence-electron chi connectivity index (χ1n) is 7.32. The van der Waals surface area contributed by atoms with Crippen molar-refractivity contribution in [1.82, 2.24) is 9.97 Å². The van der Waals surface area contributed by atoms with Crippen LogP contribution >= 0.6 is 12.4 Å². The Kier molecular flexibility index (Phi) is 5.11. The fraction of sp³-hybridized carbons (Fsp3) is 0.176. The third-order valence-electron chi connectivity index (χ3n) is 4.02. The Balaban J connectivity index is 0.00000208. The van der Waals surface area contributed by atoms with E-state index in [1.807, 2.05) is 32.0 Å². The first kappa shape index (κ1) is 17.8. The minimum absolute atomic E-state index is 0. The highest BCUT2D eigenvalue weighted by Gasteiger charge is 2.14. The molecule has 6 nitrogen and oxygen atoms in total. The van der Waals surface area contributed by atoms with E-state index in [9.17, 15) is 9.59 Å². The Hall–Kier alpha value is -2.57. The van der Waals surface area contributed by atoms with Crippen molar-refractivity contribution >= 4 is 35.0 Å². The van der Waals surface area contributed by atoms with E-state index < -0.39 is 0 Å².